The number of amides is 1. The van der Waals surface area contributed by atoms with Crippen LogP contribution in [0.3, 0.4) is 0 Å². The van der Waals surface area contributed by atoms with Crippen LogP contribution in [0, 0.1) is 5.41 Å². The van der Waals surface area contributed by atoms with Gasteiger partial charge in [-0.25, -0.2) is 0 Å². The Balaban J connectivity index is 2.63. The summed E-state index contributed by atoms with van der Waals surface area (Å²) in [5, 5.41) is 11.9. The molecule has 1 unspecified atom stereocenters. The first kappa shape index (κ1) is 12.0. The third-order valence-electron chi connectivity index (χ3n) is 2.89. The predicted octanol–water partition coefficient (Wildman–Crippen LogP) is -0.0809. The van der Waals surface area contributed by atoms with Crippen LogP contribution in [0.15, 0.2) is 0 Å². The molecule has 5 nitrogen and oxygen atoms in total. The van der Waals surface area contributed by atoms with Crippen molar-refractivity contribution in [3.05, 3.63) is 0 Å². The number of carboxylic acid groups (broad SMARTS) is 1. The summed E-state index contributed by atoms with van der Waals surface area (Å²) in [5.41, 5.74) is -0.776. The van der Waals surface area contributed by atoms with Crippen LogP contribution in [0.5, 0.6) is 0 Å². The Hall–Kier alpha value is -1.10. The van der Waals surface area contributed by atoms with Gasteiger partial charge in [-0.05, 0) is 26.8 Å². The number of carboxylic acids is 1. The zero-order valence-corrected chi connectivity index (χ0v) is 9.25. The van der Waals surface area contributed by atoms with E-state index in [0.29, 0.717) is 19.5 Å². The van der Waals surface area contributed by atoms with Crippen molar-refractivity contribution in [1.29, 1.82) is 0 Å². The van der Waals surface area contributed by atoms with Crippen molar-refractivity contribution in [1.82, 2.24) is 10.2 Å². The first-order chi connectivity index (χ1) is 6.99. The Morgan fingerprint density at radius 2 is 2.20 bits per heavy atom. The third-order valence-corrected chi connectivity index (χ3v) is 2.89. The van der Waals surface area contributed by atoms with Crippen LogP contribution in [0.2, 0.25) is 0 Å². The molecule has 5 heteroatoms. The zero-order chi connectivity index (χ0) is 11.5. The van der Waals surface area contributed by atoms with Crippen molar-refractivity contribution >= 4 is 11.9 Å². The van der Waals surface area contributed by atoms with E-state index in [1.807, 2.05) is 0 Å². The smallest absolute Gasteiger partial charge is 0.311 e. The average Bonchev–Trinajstić information content (AvgIpc) is 2.18. The van der Waals surface area contributed by atoms with E-state index < -0.39 is 11.4 Å². The molecule has 1 amide bonds. The number of likely N-dealkylation sites (tertiary alicyclic amines) is 1. The van der Waals surface area contributed by atoms with Gasteiger partial charge in [-0.3, -0.25) is 9.59 Å². The van der Waals surface area contributed by atoms with Crippen molar-refractivity contribution in [3.63, 3.8) is 0 Å². The van der Waals surface area contributed by atoms with E-state index in [1.54, 1.807) is 18.9 Å². The van der Waals surface area contributed by atoms with E-state index in [-0.39, 0.29) is 12.5 Å². The van der Waals surface area contributed by atoms with Gasteiger partial charge in [-0.2, -0.15) is 0 Å². The lowest BCUT2D eigenvalue weighted by Crippen LogP contribution is -2.50. The number of hydrogen-bond acceptors (Lipinski definition) is 3. The Bertz CT molecular complexity index is 267. The van der Waals surface area contributed by atoms with E-state index >= 15 is 0 Å². The summed E-state index contributed by atoms with van der Waals surface area (Å²) in [7, 11) is 1.71. The molecule has 1 aliphatic rings. The molecular weight excluding hydrogens is 196 g/mol. The van der Waals surface area contributed by atoms with Gasteiger partial charge >= 0.3 is 5.97 Å². The van der Waals surface area contributed by atoms with Crippen LogP contribution >= 0.6 is 0 Å². The Kier molecular flexibility index (Phi) is 3.68. The maximum absolute atomic E-state index is 11.6. The van der Waals surface area contributed by atoms with E-state index in [9.17, 15) is 9.59 Å². The van der Waals surface area contributed by atoms with Crippen LogP contribution in [0.25, 0.3) is 0 Å². The molecule has 1 atom stereocenters. The minimum Gasteiger partial charge on any atom is -0.481 e. The Morgan fingerprint density at radius 3 is 2.73 bits per heavy atom. The molecule has 0 bridgehead atoms. The molecule has 1 rings (SSSR count). The molecule has 1 fully saturated rings. The van der Waals surface area contributed by atoms with E-state index in [1.165, 1.54) is 0 Å². The van der Waals surface area contributed by atoms with E-state index in [2.05, 4.69) is 5.32 Å². The predicted molar refractivity (Wildman–Crippen MR) is 55.5 cm³/mol. The molecule has 86 valence electrons. The Morgan fingerprint density at radius 1 is 1.53 bits per heavy atom. The Labute approximate surface area is 89.4 Å². The first-order valence-electron chi connectivity index (χ1n) is 5.15. The molecule has 0 aromatic heterocycles. The number of likely N-dealkylation sites (N-methyl/N-ethyl adjacent to an activating group) is 1. The highest BCUT2D eigenvalue weighted by atomic mass is 16.4. The fraction of sp³-hybridized carbons (Fsp3) is 0.800. The molecule has 0 aromatic carbocycles. The lowest BCUT2D eigenvalue weighted by molar-refractivity contribution is -0.153. The van der Waals surface area contributed by atoms with Crippen molar-refractivity contribution in [2.45, 2.75) is 19.8 Å². The maximum atomic E-state index is 11.6. The highest BCUT2D eigenvalue weighted by molar-refractivity contribution is 5.80. The summed E-state index contributed by atoms with van der Waals surface area (Å²) < 4.78 is 0. The van der Waals surface area contributed by atoms with Gasteiger partial charge in [0.2, 0.25) is 5.91 Å². The second-order valence-corrected chi connectivity index (χ2v) is 4.31. The largest absolute Gasteiger partial charge is 0.481 e. The summed E-state index contributed by atoms with van der Waals surface area (Å²) in [6.45, 7) is 2.97. The lowest BCUT2D eigenvalue weighted by atomic mass is 9.82. The minimum atomic E-state index is -0.815. The molecule has 0 aliphatic carbocycles. The molecular formula is C10H18N2O3. The number of nitrogens with zero attached hydrogens (tertiary/aromatic N) is 1. The monoisotopic (exact) mass is 214 g/mol. The topological polar surface area (TPSA) is 69.6 Å². The van der Waals surface area contributed by atoms with Gasteiger partial charge in [0.15, 0.2) is 0 Å². The van der Waals surface area contributed by atoms with Gasteiger partial charge in [-0.1, -0.05) is 0 Å². The number of rotatable bonds is 3. The summed E-state index contributed by atoms with van der Waals surface area (Å²) in [6, 6.07) is 0. The standard InChI is InChI=1S/C10H18N2O3/c1-10(9(14)15)4-3-5-12(7-10)8(13)6-11-2/h11H,3-7H2,1-2H3,(H,14,15). The van der Waals surface area contributed by atoms with Gasteiger partial charge in [0.05, 0.1) is 12.0 Å². The molecule has 1 heterocycles. The molecule has 0 spiro atoms. The molecule has 0 aromatic rings. The van der Waals surface area contributed by atoms with Crippen LogP contribution in [0.4, 0.5) is 0 Å². The van der Waals surface area contributed by atoms with E-state index in [0.717, 1.165) is 6.42 Å². The average molecular weight is 214 g/mol. The van der Waals surface area contributed by atoms with Crippen LogP contribution in [0.1, 0.15) is 19.8 Å². The van der Waals surface area contributed by atoms with Crippen molar-refractivity contribution in [3.8, 4) is 0 Å². The second kappa shape index (κ2) is 4.61. The number of carbonyl (C=O) groups excluding carboxylic acids is 1. The third kappa shape index (κ3) is 2.68. The molecule has 1 aliphatic heterocycles. The first-order valence-corrected chi connectivity index (χ1v) is 5.15. The molecule has 15 heavy (non-hydrogen) atoms. The molecule has 1 saturated heterocycles. The number of hydrogen-bond donors (Lipinski definition) is 2. The van der Waals surface area contributed by atoms with Crippen molar-refractivity contribution < 1.29 is 14.7 Å². The number of aliphatic carboxylic acids is 1. The van der Waals surface area contributed by atoms with Gasteiger partial charge in [-0.15, -0.1) is 0 Å². The van der Waals surface area contributed by atoms with Crippen molar-refractivity contribution in [2.24, 2.45) is 5.41 Å². The summed E-state index contributed by atoms with van der Waals surface area (Å²) in [6.07, 6.45) is 1.41. The number of carbonyl (C=O) groups is 2. The van der Waals surface area contributed by atoms with Gasteiger partial charge in [0.1, 0.15) is 0 Å². The summed E-state index contributed by atoms with van der Waals surface area (Å²) in [5.74, 6) is -0.839. The number of nitrogens with one attached hydrogen (secondary N) is 1. The fourth-order valence-corrected chi connectivity index (χ4v) is 1.89. The summed E-state index contributed by atoms with van der Waals surface area (Å²) in [4.78, 5) is 24.3. The minimum absolute atomic E-state index is 0.0234. The van der Waals surface area contributed by atoms with Gasteiger partial charge in [0.25, 0.3) is 0 Å². The maximum Gasteiger partial charge on any atom is 0.311 e. The normalized spacial score (nSPS) is 26.4. The quantitative estimate of drug-likeness (QED) is 0.689. The highest BCUT2D eigenvalue weighted by Crippen LogP contribution is 2.29. The fourth-order valence-electron chi connectivity index (χ4n) is 1.89. The molecule has 0 saturated carbocycles. The zero-order valence-electron chi connectivity index (χ0n) is 9.25. The van der Waals surface area contributed by atoms with Crippen LogP contribution < -0.4 is 5.32 Å². The van der Waals surface area contributed by atoms with Gasteiger partial charge < -0.3 is 15.3 Å². The van der Waals surface area contributed by atoms with Crippen LogP contribution in [-0.4, -0.2) is 48.6 Å². The second-order valence-electron chi connectivity index (χ2n) is 4.31. The highest BCUT2D eigenvalue weighted by Gasteiger charge is 2.39. The van der Waals surface area contributed by atoms with Gasteiger partial charge in [0, 0.05) is 13.1 Å². The summed E-state index contributed by atoms with van der Waals surface area (Å²) >= 11 is 0. The van der Waals surface area contributed by atoms with E-state index in [4.69, 9.17) is 5.11 Å². The molecule has 0 radical (unpaired) electrons. The molecule has 2 N–H and O–H groups in total. The lowest BCUT2D eigenvalue weighted by Gasteiger charge is -2.37. The van der Waals surface area contributed by atoms with Crippen molar-refractivity contribution in [2.75, 3.05) is 26.7 Å². The number of piperidine rings is 1. The van der Waals surface area contributed by atoms with Crippen LogP contribution in [-0.2, 0) is 9.59 Å². The SMILES string of the molecule is CNCC(=O)N1CCCC(C)(C(=O)O)C1.